The van der Waals surface area contributed by atoms with Gasteiger partial charge in [0.2, 0.25) is 11.0 Å². The molecule has 0 saturated heterocycles. The molecule has 0 saturated carbocycles. The lowest BCUT2D eigenvalue weighted by Crippen LogP contribution is -2.14. The predicted octanol–water partition coefficient (Wildman–Crippen LogP) is 4.15. The quantitative estimate of drug-likeness (QED) is 0.531. The highest BCUT2D eigenvalue weighted by Gasteiger charge is 2.10. The normalized spacial score (nSPS) is 10.5. The molecule has 0 unspecified atom stereocenters. The first kappa shape index (κ1) is 16.6. The second-order valence-electron chi connectivity index (χ2n) is 5.00. The van der Waals surface area contributed by atoms with Crippen LogP contribution in [0.25, 0.3) is 0 Å². The molecule has 1 N–H and O–H groups in total. The molecule has 1 amide bonds. The largest absolute Gasteiger partial charge is 0.300 e. The molecule has 4 nitrogen and oxygen atoms in total. The number of benzene rings is 2. The van der Waals surface area contributed by atoms with Crippen LogP contribution in [0.2, 0.25) is 0 Å². The Kier molecular flexibility index (Phi) is 5.55. The Morgan fingerprint density at radius 2 is 1.88 bits per heavy atom. The minimum atomic E-state index is -0.351. The third-order valence-corrected chi connectivity index (χ3v) is 5.15. The number of thioether (sulfide) groups is 1. The van der Waals surface area contributed by atoms with Gasteiger partial charge in [0.05, 0.1) is 6.42 Å². The zero-order chi connectivity index (χ0) is 16.8. The lowest BCUT2D eigenvalue weighted by Gasteiger charge is -2.01. The molecule has 3 aromatic rings. The fourth-order valence-electron chi connectivity index (χ4n) is 2.03. The molecule has 0 aliphatic carbocycles. The van der Waals surface area contributed by atoms with E-state index in [9.17, 15) is 9.18 Å². The fourth-order valence-corrected chi connectivity index (χ4v) is 3.76. The Labute approximate surface area is 147 Å². The highest BCUT2D eigenvalue weighted by atomic mass is 32.2. The number of amides is 1. The van der Waals surface area contributed by atoms with E-state index in [0.29, 0.717) is 10.7 Å². The van der Waals surface area contributed by atoms with E-state index in [4.69, 9.17) is 0 Å². The summed E-state index contributed by atoms with van der Waals surface area (Å²) < 4.78 is 13.9. The molecule has 122 valence electrons. The molecule has 1 aromatic heterocycles. The summed E-state index contributed by atoms with van der Waals surface area (Å²) in [5.74, 6) is 0.208. The second kappa shape index (κ2) is 8.03. The smallest absolute Gasteiger partial charge is 0.230 e. The molecule has 0 atom stereocenters. The van der Waals surface area contributed by atoms with E-state index in [2.05, 4.69) is 27.6 Å². The van der Waals surface area contributed by atoms with E-state index in [1.807, 2.05) is 18.2 Å². The number of hydrogen-bond acceptors (Lipinski definition) is 5. The molecule has 0 aliphatic rings. The first-order chi connectivity index (χ1) is 11.7. The topological polar surface area (TPSA) is 54.9 Å². The molecule has 0 bridgehead atoms. The summed E-state index contributed by atoms with van der Waals surface area (Å²) in [7, 11) is 0. The number of carbonyl (C=O) groups excluding carboxylic acids is 1. The maximum atomic E-state index is 13.1. The highest BCUT2D eigenvalue weighted by Crippen LogP contribution is 2.28. The van der Waals surface area contributed by atoms with Crippen LogP contribution in [0.5, 0.6) is 0 Å². The van der Waals surface area contributed by atoms with E-state index in [1.165, 1.54) is 29.0 Å². The van der Waals surface area contributed by atoms with Crippen LogP contribution in [0.15, 0.2) is 58.9 Å². The summed E-state index contributed by atoms with van der Waals surface area (Å²) in [5.41, 5.74) is 1.82. The number of rotatable bonds is 6. The Bertz CT molecular complexity index is 823. The Morgan fingerprint density at radius 1 is 1.08 bits per heavy atom. The summed E-state index contributed by atoms with van der Waals surface area (Å²) in [6.07, 6.45) is 0.101. The van der Waals surface area contributed by atoms with Crippen LogP contribution in [0.3, 0.4) is 0 Å². The van der Waals surface area contributed by atoms with Crippen LogP contribution >= 0.6 is 23.1 Å². The molecule has 1 heterocycles. The summed E-state index contributed by atoms with van der Waals surface area (Å²) in [6, 6.07) is 16.1. The van der Waals surface area contributed by atoms with Gasteiger partial charge in [-0.05, 0) is 23.3 Å². The van der Waals surface area contributed by atoms with Crippen LogP contribution in [0.1, 0.15) is 11.1 Å². The lowest BCUT2D eigenvalue weighted by atomic mass is 10.1. The van der Waals surface area contributed by atoms with Gasteiger partial charge in [-0.15, -0.1) is 10.2 Å². The highest BCUT2D eigenvalue weighted by molar-refractivity contribution is 8.00. The van der Waals surface area contributed by atoms with Crippen LogP contribution in [0.4, 0.5) is 9.52 Å². The molecule has 7 heteroatoms. The van der Waals surface area contributed by atoms with Gasteiger partial charge < -0.3 is 5.32 Å². The molecule has 3 rings (SSSR count). The maximum Gasteiger partial charge on any atom is 0.230 e. The molecule has 24 heavy (non-hydrogen) atoms. The summed E-state index contributed by atoms with van der Waals surface area (Å²) in [4.78, 5) is 12.0. The number of anilines is 1. The Balaban J connectivity index is 1.53. The van der Waals surface area contributed by atoms with Crippen molar-refractivity contribution in [1.82, 2.24) is 10.2 Å². The van der Waals surface area contributed by atoms with Crippen LogP contribution in [-0.4, -0.2) is 16.1 Å². The third-order valence-electron chi connectivity index (χ3n) is 3.11. The molecule has 0 aliphatic heterocycles. The van der Waals surface area contributed by atoms with E-state index >= 15 is 0 Å². The van der Waals surface area contributed by atoms with Crippen molar-refractivity contribution in [3.63, 3.8) is 0 Å². The van der Waals surface area contributed by atoms with Crippen molar-refractivity contribution >= 4 is 34.1 Å². The van der Waals surface area contributed by atoms with Crippen LogP contribution in [0, 0.1) is 5.82 Å². The average Bonchev–Trinajstić information content (AvgIpc) is 3.01. The van der Waals surface area contributed by atoms with Crippen molar-refractivity contribution in [3.05, 3.63) is 71.5 Å². The molecular formula is C17H14FN3OS2. The van der Waals surface area contributed by atoms with Gasteiger partial charge in [0.15, 0.2) is 4.34 Å². The second-order valence-corrected chi connectivity index (χ2v) is 7.20. The van der Waals surface area contributed by atoms with Crippen molar-refractivity contribution in [3.8, 4) is 0 Å². The molecular weight excluding hydrogens is 345 g/mol. The zero-order valence-electron chi connectivity index (χ0n) is 12.6. The van der Waals surface area contributed by atoms with Gasteiger partial charge in [-0.1, -0.05) is 65.6 Å². The van der Waals surface area contributed by atoms with Crippen molar-refractivity contribution < 1.29 is 9.18 Å². The molecule has 2 aromatic carbocycles. The van der Waals surface area contributed by atoms with E-state index in [-0.39, 0.29) is 18.1 Å². The summed E-state index contributed by atoms with van der Waals surface area (Å²) in [5, 5.41) is 11.2. The van der Waals surface area contributed by atoms with Crippen LogP contribution in [-0.2, 0) is 17.0 Å². The van der Waals surface area contributed by atoms with Gasteiger partial charge in [0.25, 0.3) is 0 Å². The SMILES string of the molecule is O=C(Cc1cccc(F)c1)Nc1nnc(SCc2ccccc2)s1. The minimum Gasteiger partial charge on any atom is -0.300 e. The third kappa shape index (κ3) is 4.87. The predicted molar refractivity (Wildman–Crippen MR) is 94.6 cm³/mol. The van der Waals surface area contributed by atoms with Gasteiger partial charge in [-0.2, -0.15) is 0 Å². The number of halogens is 1. The molecule has 0 spiro atoms. The first-order valence-electron chi connectivity index (χ1n) is 7.23. The van der Waals surface area contributed by atoms with Gasteiger partial charge in [-0.25, -0.2) is 4.39 Å². The Morgan fingerprint density at radius 3 is 2.67 bits per heavy atom. The monoisotopic (exact) mass is 359 g/mol. The molecule has 0 radical (unpaired) electrons. The zero-order valence-corrected chi connectivity index (χ0v) is 14.2. The number of nitrogens with zero attached hydrogens (tertiary/aromatic N) is 2. The van der Waals surface area contributed by atoms with Gasteiger partial charge >= 0.3 is 0 Å². The first-order valence-corrected chi connectivity index (χ1v) is 9.04. The van der Waals surface area contributed by atoms with Crippen molar-refractivity contribution in [2.45, 2.75) is 16.5 Å². The van der Waals surface area contributed by atoms with Gasteiger partial charge in [0.1, 0.15) is 5.82 Å². The standard InChI is InChI=1S/C17H14FN3OS2/c18-14-8-4-7-13(9-14)10-15(22)19-16-20-21-17(24-16)23-11-12-5-2-1-3-6-12/h1-9H,10-11H2,(H,19,20,22). The van der Waals surface area contributed by atoms with E-state index in [0.717, 1.165) is 10.1 Å². The fraction of sp³-hybridized carbons (Fsp3) is 0.118. The number of hydrogen-bond donors (Lipinski definition) is 1. The number of nitrogens with one attached hydrogen (secondary N) is 1. The summed E-state index contributed by atoms with van der Waals surface area (Å²) in [6.45, 7) is 0. The van der Waals surface area contributed by atoms with E-state index < -0.39 is 0 Å². The van der Waals surface area contributed by atoms with Crippen molar-refractivity contribution in [2.24, 2.45) is 0 Å². The number of aromatic nitrogens is 2. The maximum absolute atomic E-state index is 13.1. The van der Waals surface area contributed by atoms with Crippen molar-refractivity contribution in [2.75, 3.05) is 5.32 Å². The molecule has 0 fully saturated rings. The minimum absolute atomic E-state index is 0.101. The Hall–Kier alpha value is -2.25. The van der Waals surface area contributed by atoms with Crippen molar-refractivity contribution in [1.29, 1.82) is 0 Å². The van der Waals surface area contributed by atoms with Crippen LogP contribution < -0.4 is 5.32 Å². The summed E-state index contributed by atoms with van der Waals surface area (Å²) >= 11 is 2.90. The van der Waals surface area contributed by atoms with E-state index in [1.54, 1.807) is 23.9 Å². The van der Waals surface area contributed by atoms with Gasteiger partial charge in [-0.3, -0.25) is 4.79 Å². The lowest BCUT2D eigenvalue weighted by molar-refractivity contribution is -0.115. The number of carbonyl (C=O) groups is 1. The average molecular weight is 359 g/mol. The van der Waals surface area contributed by atoms with Gasteiger partial charge in [0, 0.05) is 5.75 Å².